The van der Waals surface area contributed by atoms with Crippen LogP contribution in [0.2, 0.25) is 10.0 Å². The number of benzene rings is 1. The molecule has 8 heteroatoms. The Morgan fingerprint density at radius 2 is 2.00 bits per heavy atom. The number of nitrogens with zero attached hydrogens (tertiary/aromatic N) is 1. The fourth-order valence-corrected chi connectivity index (χ4v) is 5.73. The SMILES string of the molecule is CCN(CC1CCOC1)S(=O)(=O)c1c(Cl)cc(Br)cc1Cl. The Kier molecular flexibility index (Phi) is 5.96. The largest absolute Gasteiger partial charge is 0.381 e. The van der Waals surface area contributed by atoms with E-state index in [0.717, 1.165) is 6.42 Å². The molecule has 0 spiro atoms. The Hall–Kier alpha value is 0.150. The number of rotatable bonds is 5. The summed E-state index contributed by atoms with van der Waals surface area (Å²) in [6.07, 6.45) is 0.869. The first-order chi connectivity index (χ1) is 9.86. The maximum Gasteiger partial charge on any atom is 0.246 e. The first-order valence-corrected chi connectivity index (χ1v) is 9.57. The van der Waals surface area contributed by atoms with E-state index in [0.29, 0.717) is 30.8 Å². The summed E-state index contributed by atoms with van der Waals surface area (Å²) in [5, 5.41) is 0.242. The van der Waals surface area contributed by atoms with E-state index in [1.807, 2.05) is 0 Å². The minimum Gasteiger partial charge on any atom is -0.381 e. The molecule has 0 bridgehead atoms. The van der Waals surface area contributed by atoms with Crippen LogP contribution in [0.25, 0.3) is 0 Å². The lowest BCUT2D eigenvalue weighted by molar-refractivity contribution is 0.181. The maximum absolute atomic E-state index is 12.8. The van der Waals surface area contributed by atoms with Crippen molar-refractivity contribution in [3.63, 3.8) is 0 Å². The van der Waals surface area contributed by atoms with Gasteiger partial charge in [-0.25, -0.2) is 8.42 Å². The van der Waals surface area contributed by atoms with Crippen molar-refractivity contribution in [3.05, 3.63) is 26.7 Å². The third-order valence-corrected chi connectivity index (χ3v) is 6.72. The van der Waals surface area contributed by atoms with E-state index in [9.17, 15) is 8.42 Å². The van der Waals surface area contributed by atoms with Crippen LogP contribution in [0.15, 0.2) is 21.5 Å². The van der Waals surface area contributed by atoms with Crippen molar-refractivity contribution in [3.8, 4) is 0 Å². The van der Waals surface area contributed by atoms with Gasteiger partial charge in [-0.1, -0.05) is 46.1 Å². The lowest BCUT2D eigenvalue weighted by Crippen LogP contribution is -2.35. The highest BCUT2D eigenvalue weighted by Gasteiger charge is 2.31. The van der Waals surface area contributed by atoms with Crippen molar-refractivity contribution in [2.45, 2.75) is 18.2 Å². The van der Waals surface area contributed by atoms with Gasteiger partial charge in [0, 0.05) is 24.2 Å². The molecule has 0 amide bonds. The summed E-state index contributed by atoms with van der Waals surface area (Å²) < 4.78 is 33.0. The lowest BCUT2D eigenvalue weighted by Gasteiger charge is -2.24. The molecule has 4 nitrogen and oxygen atoms in total. The van der Waals surface area contributed by atoms with Crippen LogP contribution in [0.1, 0.15) is 13.3 Å². The monoisotopic (exact) mass is 415 g/mol. The number of ether oxygens (including phenoxy) is 1. The molecule has 21 heavy (non-hydrogen) atoms. The molecular weight excluding hydrogens is 401 g/mol. The Morgan fingerprint density at radius 3 is 2.48 bits per heavy atom. The molecule has 0 aliphatic carbocycles. The first kappa shape index (κ1) is 17.5. The molecule has 0 saturated carbocycles. The average molecular weight is 417 g/mol. The number of hydrogen-bond donors (Lipinski definition) is 0. The molecule has 1 aromatic carbocycles. The van der Waals surface area contributed by atoms with Crippen molar-refractivity contribution in [2.75, 3.05) is 26.3 Å². The highest BCUT2D eigenvalue weighted by atomic mass is 79.9. The van der Waals surface area contributed by atoms with Crippen LogP contribution >= 0.6 is 39.1 Å². The van der Waals surface area contributed by atoms with Crippen LogP contribution in [0.3, 0.4) is 0 Å². The summed E-state index contributed by atoms with van der Waals surface area (Å²) in [5.74, 6) is 0.215. The third kappa shape index (κ3) is 3.92. The smallest absolute Gasteiger partial charge is 0.246 e. The molecule has 1 unspecified atom stereocenters. The second-order valence-corrected chi connectivity index (χ2v) is 8.49. The van der Waals surface area contributed by atoms with Gasteiger partial charge in [-0.05, 0) is 24.5 Å². The van der Waals surface area contributed by atoms with E-state index < -0.39 is 10.0 Å². The van der Waals surface area contributed by atoms with Gasteiger partial charge in [0.05, 0.1) is 16.7 Å². The maximum atomic E-state index is 12.8. The van der Waals surface area contributed by atoms with Crippen molar-refractivity contribution in [1.82, 2.24) is 4.31 Å². The van der Waals surface area contributed by atoms with Crippen LogP contribution in [-0.2, 0) is 14.8 Å². The van der Waals surface area contributed by atoms with Crippen LogP contribution < -0.4 is 0 Å². The summed E-state index contributed by atoms with van der Waals surface area (Å²) in [6, 6.07) is 3.07. The van der Waals surface area contributed by atoms with E-state index >= 15 is 0 Å². The van der Waals surface area contributed by atoms with Gasteiger partial charge in [-0.3, -0.25) is 0 Å². The highest BCUT2D eigenvalue weighted by molar-refractivity contribution is 9.10. The number of hydrogen-bond acceptors (Lipinski definition) is 3. The van der Waals surface area contributed by atoms with Crippen LogP contribution in [0.5, 0.6) is 0 Å². The molecule has 1 aliphatic rings. The van der Waals surface area contributed by atoms with Gasteiger partial charge >= 0.3 is 0 Å². The molecule has 1 fully saturated rings. The Labute approximate surface area is 143 Å². The van der Waals surface area contributed by atoms with Crippen molar-refractivity contribution < 1.29 is 13.2 Å². The molecule has 1 saturated heterocycles. The molecular formula is C13H16BrCl2NO3S. The minimum atomic E-state index is -3.72. The average Bonchev–Trinajstić information content (AvgIpc) is 2.86. The van der Waals surface area contributed by atoms with Crippen LogP contribution in [0.4, 0.5) is 0 Å². The second-order valence-electron chi connectivity index (χ2n) is 4.88. The first-order valence-electron chi connectivity index (χ1n) is 6.58. The molecule has 2 rings (SSSR count). The van der Waals surface area contributed by atoms with E-state index in [-0.39, 0.29) is 20.9 Å². The second kappa shape index (κ2) is 7.15. The van der Waals surface area contributed by atoms with Gasteiger partial charge in [0.1, 0.15) is 4.90 Å². The Balaban J connectivity index is 2.35. The van der Waals surface area contributed by atoms with E-state index in [4.69, 9.17) is 27.9 Å². The standard InChI is InChI=1S/C13H16BrCl2NO3S/c1-2-17(7-9-3-4-20-8-9)21(18,19)13-11(15)5-10(14)6-12(13)16/h5-6,9H,2-4,7-8H2,1H3. The van der Waals surface area contributed by atoms with Gasteiger partial charge < -0.3 is 4.74 Å². The fraction of sp³-hybridized carbons (Fsp3) is 0.538. The minimum absolute atomic E-state index is 0.0326. The normalized spacial score (nSPS) is 19.4. The van der Waals surface area contributed by atoms with E-state index in [1.165, 1.54) is 16.4 Å². The summed E-state index contributed by atoms with van der Waals surface area (Å²) in [5.41, 5.74) is 0. The highest BCUT2D eigenvalue weighted by Crippen LogP contribution is 2.35. The molecule has 0 radical (unpaired) electrons. The number of sulfonamides is 1. The van der Waals surface area contributed by atoms with Gasteiger partial charge in [0.15, 0.2) is 0 Å². The summed E-state index contributed by atoms with van der Waals surface area (Å²) >= 11 is 15.4. The lowest BCUT2D eigenvalue weighted by atomic mass is 10.1. The van der Waals surface area contributed by atoms with Crippen molar-refractivity contribution >= 4 is 49.2 Å². The summed E-state index contributed by atoms with van der Waals surface area (Å²) in [6.45, 7) is 3.85. The molecule has 1 aliphatic heterocycles. The quantitative estimate of drug-likeness (QED) is 0.733. The molecule has 1 heterocycles. The predicted octanol–water partition coefficient (Wildman–Crippen LogP) is 3.80. The summed E-state index contributed by atoms with van der Waals surface area (Å²) in [4.78, 5) is -0.0326. The molecule has 0 aromatic heterocycles. The molecule has 1 atom stereocenters. The van der Waals surface area contributed by atoms with Gasteiger partial charge in [-0.2, -0.15) is 4.31 Å². The van der Waals surface area contributed by atoms with Crippen molar-refractivity contribution in [2.24, 2.45) is 5.92 Å². The van der Waals surface area contributed by atoms with E-state index in [1.54, 1.807) is 6.92 Å². The van der Waals surface area contributed by atoms with Crippen LogP contribution in [-0.4, -0.2) is 39.0 Å². The Morgan fingerprint density at radius 1 is 1.38 bits per heavy atom. The zero-order valence-electron chi connectivity index (χ0n) is 11.5. The summed E-state index contributed by atoms with van der Waals surface area (Å²) in [7, 11) is -3.72. The van der Waals surface area contributed by atoms with Crippen LogP contribution in [0, 0.1) is 5.92 Å². The number of halogens is 3. The zero-order valence-corrected chi connectivity index (χ0v) is 15.4. The fourth-order valence-electron chi connectivity index (χ4n) is 2.32. The molecule has 0 N–H and O–H groups in total. The van der Waals surface area contributed by atoms with Crippen molar-refractivity contribution in [1.29, 1.82) is 0 Å². The van der Waals surface area contributed by atoms with Gasteiger partial charge in [0.2, 0.25) is 10.0 Å². The van der Waals surface area contributed by atoms with Gasteiger partial charge in [0.25, 0.3) is 0 Å². The molecule has 118 valence electrons. The Bertz CT molecular complexity index is 595. The third-order valence-electron chi connectivity index (χ3n) is 3.40. The zero-order chi connectivity index (χ0) is 15.6. The predicted molar refractivity (Wildman–Crippen MR) is 87.5 cm³/mol. The van der Waals surface area contributed by atoms with E-state index in [2.05, 4.69) is 15.9 Å². The van der Waals surface area contributed by atoms with Gasteiger partial charge in [-0.15, -0.1) is 0 Å². The topological polar surface area (TPSA) is 46.6 Å². The molecule has 1 aromatic rings.